The van der Waals surface area contributed by atoms with Crippen LogP contribution in [0.1, 0.15) is 22.5 Å². The molecule has 1 N–H and O–H groups in total. The zero-order valence-electron chi connectivity index (χ0n) is 15.7. The summed E-state index contributed by atoms with van der Waals surface area (Å²) in [4.78, 5) is 0. The third kappa shape index (κ3) is 3.49. The zero-order chi connectivity index (χ0) is 19.7. The molecule has 6 heteroatoms. The fraction of sp³-hybridized carbons (Fsp3) is 0.182. The maximum absolute atomic E-state index is 13.2. The van der Waals surface area contributed by atoms with Crippen LogP contribution in [-0.2, 0) is 20.0 Å². The molecule has 0 aliphatic heterocycles. The Labute approximate surface area is 170 Å². The van der Waals surface area contributed by atoms with Crippen molar-refractivity contribution >= 4 is 24.9 Å². The van der Waals surface area contributed by atoms with Gasteiger partial charge in [0, 0.05) is 24.9 Å². The van der Waals surface area contributed by atoms with E-state index >= 15 is 0 Å². The van der Waals surface area contributed by atoms with E-state index in [1.807, 2.05) is 18.2 Å². The van der Waals surface area contributed by atoms with Gasteiger partial charge in [0.25, 0.3) is 0 Å². The third-order valence-electron chi connectivity index (χ3n) is 5.11. The Bertz CT molecular complexity index is 1040. The zero-order valence-corrected chi connectivity index (χ0v) is 17.3. The van der Waals surface area contributed by atoms with E-state index in [2.05, 4.69) is 41.7 Å². The van der Waals surface area contributed by atoms with Gasteiger partial charge in [-0.05, 0) is 58.5 Å². The van der Waals surface area contributed by atoms with Gasteiger partial charge in [0.05, 0.1) is 0 Å². The molecule has 1 atom stereocenters. The smallest absolute Gasteiger partial charge is 0.356 e. The second-order valence-corrected chi connectivity index (χ2v) is 9.47. The molecule has 0 aromatic heterocycles. The van der Waals surface area contributed by atoms with E-state index in [1.165, 1.54) is 36.5 Å². The van der Waals surface area contributed by atoms with Crippen LogP contribution in [0.4, 0.5) is 5.69 Å². The SMILES string of the molecule is COP(=O)(OC)C(Nc1ccc2c(c1)Cc1ccccc1-2)c1ccc(Cl)cc1. The van der Waals surface area contributed by atoms with Crippen LogP contribution in [0.15, 0.2) is 66.7 Å². The number of hydrogen-bond acceptors (Lipinski definition) is 4. The van der Waals surface area contributed by atoms with Crippen molar-refractivity contribution in [1.82, 2.24) is 0 Å². The van der Waals surface area contributed by atoms with Crippen LogP contribution in [-0.4, -0.2) is 14.2 Å². The molecule has 0 radical (unpaired) electrons. The van der Waals surface area contributed by atoms with Crippen molar-refractivity contribution < 1.29 is 13.6 Å². The predicted molar refractivity (Wildman–Crippen MR) is 114 cm³/mol. The normalized spacial score (nSPS) is 13.7. The second-order valence-electron chi connectivity index (χ2n) is 6.71. The van der Waals surface area contributed by atoms with Gasteiger partial charge in [-0.1, -0.05) is 54.1 Å². The number of hydrogen-bond donors (Lipinski definition) is 1. The molecular formula is C22H21ClNO3P. The summed E-state index contributed by atoms with van der Waals surface area (Å²) in [5.74, 6) is -0.651. The highest BCUT2D eigenvalue weighted by molar-refractivity contribution is 7.54. The second kappa shape index (κ2) is 7.73. The summed E-state index contributed by atoms with van der Waals surface area (Å²) in [6, 6.07) is 21.8. The van der Waals surface area contributed by atoms with Crippen molar-refractivity contribution in [3.05, 3.63) is 88.4 Å². The van der Waals surface area contributed by atoms with Crippen LogP contribution in [0.3, 0.4) is 0 Å². The summed E-state index contributed by atoms with van der Waals surface area (Å²) in [5.41, 5.74) is 6.72. The molecule has 4 rings (SSSR count). The number of fused-ring (bicyclic) bond motifs is 3. The minimum atomic E-state index is -3.43. The molecule has 0 saturated heterocycles. The lowest BCUT2D eigenvalue weighted by Crippen LogP contribution is -2.13. The van der Waals surface area contributed by atoms with Crippen molar-refractivity contribution in [1.29, 1.82) is 0 Å². The molecule has 28 heavy (non-hydrogen) atoms. The van der Waals surface area contributed by atoms with Gasteiger partial charge in [-0.25, -0.2) is 0 Å². The molecule has 4 nitrogen and oxygen atoms in total. The topological polar surface area (TPSA) is 47.6 Å². The van der Waals surface area contributed by atoms with Crippen molar-refractivity contribution in [2.75, 3.05) is 19.5 Å². The van der Waals surface area contributed by atoms with Gasteiger partial charge in [-0.2, -0.15) is 0 Å². The van der Waals surface area contributed by atoms with Crippen molar-refractivity contribution in [2.45, 2.75) is 12.2 Å². The first-order chi connectivity index (χ1) is 13.5. The first kappa shape index (κ1) is 19.2. The van der Waals surface area contributed by atoms with Crippen LogP contribution in [0.5, 0.6) is 0 Å². The lowest BCUT2D eigenvalue weighted by atomic mass is 10.1. The first-order valence-electron chi connectivity index (χ1n) is 8.98. The summed E-state index contributed by atoms with van der Waals surface area (Å²) in [7, 11) is -0.632. The Morgan fingerprint density at radius 3 is 2.32 bits per heavy atom. The molecule has 0 saturated carbocycles. The van der Waals surface area contributed by atoms with Crippen molar-refractivity contribution in [3.8, 4) is 11.1 Å². The van der Waals surface area contributed by atoms with Gasteiger partial charge >= 0.3 is 7.60 Å². The van der Waals surface area contributed by atoms with Crippen molar-refractivity contribution in [2.24, 2.45) is 0 Å². The number of rotatable bonds is 6. The van der Waals surface area contributed by atoms with Crippen LogP contribution in [0.2, 0.25) is 5.02 Å². The quantitative estimate of drug-likeness (QED) is 0.366. The summed E-state index contributed by atoms with van der Waals surface area (Å²) in [5, 5.41) is 3.97. The third-order valence-corrected chi connectivity index (χ3v) is 7.44. The summed E-state index contributed by atoms with van der Waals surface area (Å²) < 4.78 is 23.8. The molecule has 0 bridgehead atoms. The van der Waals surface area contributed by atoms with Gasteiger partial charge in [0.15, 0.2) is 5.78 Å². The highest BCUT2D eigenvalue weighted by Crippen LogP contribution is 2.59. The Morgan fingerprint density at radius 1 is 0.929 bits per heavy atom. The van der Waals surface area contributed by atoms with Crippen LogP contribution in [0.25, 0.3) is 11.1 Å². The molecule has 0 amide bonds. The maximum Gasteiger partial charge on any atom is 0.356 e. The molecule has 0 fully saturated rings. The largest absolute Gasteiger partial charge is 0.368 e. The summed E-state index contributed by atoms with van der Waals surface area (Å²) in [6.07, 6.45) is 0.888. The van der Waals surface area contributed by atoms with Crippen LogP contribution in [0, 0.1) is 0 Å². The van der Waals surface area contributed by atoms with Crippen molar-refractivity contribution in [3.63, 3.8) is 0 Å². The fourth-order valence-corrected chi connectivity index (χ4v) is 5.21. The molecule has 1 aliphatic rings. The molecule has 3 aromatic carbocycles. The standard InChI is InChI=1S/C22H21ClNO3P/c1-26-28(25,27-2)22(15-7-9-18(23)10-8-15)24-19-11-12-21-17(14-19)13-16-5-3-4-6-20(16)21/h3-12,14,22,24H,13H2,1-2H3. The van der Waals surface area contributed by atoms with E-state index in [4.69, 9.17) is 20.6 Å². The van der Waals surface area contributed by atoms with E-state index in [0.717, 1.165) is 17.7 Å². The Morgan fingerprint density at radius 2 is 1.61 bits per heavy atom. The maximum atomic E-state index is 13.2. The number of halogens is 1. The minimum absolute atomic E-state index is 0.613. The lowest BCUT2D eigenvalue weighted by Gasteiger charge is -2.26. The highest BCUT2D eigenvalue weighted by Gasteiger charge is 2.35. The van der Waals surface area contributed by atoms with Gasteiger partial charge in [0.1, 0.15) is 0 Å². The average Bonchev–Trinajstić information content (AvgIpc) is 3.10. The van der Waals surface area contributed by atoms with Gasteiger partial charge in [-0.15, -0.1) is 0 Å². The Hall–Kier alpha value is -2.10. The molecule has 0 spiro atoms. The molecular weight excluding hydrogens is 393 g/mol. The molecule has 144 valence electrons. The molecule has 1 unspecified atom stereocenters. The molecule has 3 aromatic rings. The lowest BCUT2D eigenvalue weighted by molar-refractivity contribution is 0.268. The monoisotopic (exact) mass is 413 g/mol. The van der Waals surface area contributed by atoms with Crippen LogP contribution < -0.4 is 5.32 Å². The predicted octanol–water partition coefficient (Wildman–Crippen LogP) is 6.51. The number of benzene rings is 3. The van der Waals surface area contributed by atoms with Crippen LogP contribution >= 0.6 is 19.2 Å². The Balaban J connectivity index is 1.69. The summed E-state index contributed by atoms with van der Waals surface area (Å²) >= 11 is 6.01. The average molecular weight is 414 g/mol. The van der Waals surface area contributed by atoms with E-state index in [-0.39, 0.29) is 0 Å². The van der Waals surface area contributed by atoms with E-state index < -0.39 is 13.4 Å². The molecule has 0 heterocycles. The fourth-order valence-electron chi connectivity index (χ4n) is 3.67. The van der Waals surface area contributed by atoms with Gasteiger partial charge in [-0.3, -0.25) is 4.57 Å². The number of nitrogens with one attached hydrogen (secondary N) is 1. The number of anilines is 1. The van der Waals surface area contributed by atoms with Gasteiger partial charge in [0.2, 0.25) is 0 Å². The first-order valence-corrected chi connectivity index (χ1v) is 11.0. The molecule has 1 aliphatic carbocycles. The highest BCUT2D eigenvalue weighted by atomic mass is 35.5. The summed E-state index contributed by atoms with van der Waals surface area (Å²) in [6.45, 7) is 0. The van der Waals surface area contributed by atoms with E-state index in [1.54, 1.807) is 12.1 Å². The van der Waals surface area contributed by atoms with Gasteiger partial charge < -0.3 is 14.4 Å². The minimum Gasteiger partial charge on any atom is -0.368 e. The Kier molecular flexibility index (Phi) is 5.31. The van der Waals surface area contributed by atoms with E-state index in [0.29, 0.717) is 5.02 Å². The van der Waals surface area contributed by atoms with E-state index in [9.17, 15) is 4.57 Å².